The van der Waals surface area contributed by atoms with Crippen molar-refractivity contribution in [3.05, 3.63) is 88.2 Å². The maximum absolute atomic E-state index is 13.3. The summed E-state index contributed by atoms with van der Waals surface area (Å²) in [6.45, 7) is 2.44. The Bertz CT molecular complexity index is 1450. The van der Waals surface area contributed by atoms with Crippen molar-refractivity contribution in [1.82, 2.24) is 9.97 Å². The molecule has 1 unspecified atom stereocenters. The van der Waals surface area contributed by atoms with Gasteiger partial charge in [-0.2, -0.15) is 0 Å². The Hall–Kier alpha value is -3.56. The van der Waals surface area contributed by atoms with Crippen molar-refractivity contribution in [1.29, 1.82) is 0 Å². The molecule has 0 radical (unpaired) electrons. The summed E-state index contributed by atoms with van der Waals surface area (Å²) in [5, 5.41) is 11.5. The van der Waals surface area contributed by atoms with Crippen LogP contribution in [0.1, 0.15) is 24.1 Å². The number of thiazole rings is 1. The van der Waals surface area contributed by atoms with Crippen LogP contribution in [0.2, 0.25) is 0 Å². The van der Waals surface area contributed by atoms with Crippen LogP contribution in [-0.2, 0) is 9.59 Å². The van der Waals surface area contributed by atoms with Gasteiger partial charge in [0, 0.05) is 22.4 Å². The summed E-state index contributed by atoms with van der Waals surface area (Å²) in [5.74, 6) is -1.07. The minimum Gasteiger partial charge on any atom is -0.507 e. The molecule has 4 aromatic rings. The Morgan fingerprint density at radius 3 is 2.68 bits per heavy atom. The number of pyridine rings is 1. The third-order valence-corrected chi connectivity index (χ3v) is 6.94. The number of rotatable bonds is 5. The van der Waals surface area contributed by atoms with Crippen molar-refractivity contribution in [3.63, 3.8) is 0 Å². The first kappa shape index (κ1) is 22.2. The lowest BCUT2D eigenvalue weighted by atomic mass is 9.96. The fourth-order valence-corrected chi connectivity index (χ4v) is 5.38. The molecule has 0 spiro atoms. The number of ketones is 1. The third kappa shape index (κ3) is 3.86. The molecule has 3 heterocycles. The Kier molecular flexibility index (Phi) is 5.89. The largest absolute Gasteiger partial charge is 0.507 e. The SMILES string of the molecule is CCOc1ccc2nc(N3C(=O)C(=O)C(=C(O)c4ccncc4)C3c3cccc(Br)c3)sc2c1. The van der Waals surface area contributed by atoms with E-state index < -0.39 is 17.7 Å². The van der Waals surface area contributed by atoms with Gasteiger partial charge in [-0.25, -0.2) is 4.98 Å². The maximum atomic E-state index is 13.3. The highest BCUT2D eigenvalue weighted by Gasteiger charge is 2.48. The van der Waals surface area contributed by atoms with Gasteiger partial charge < -0.3 is 9.84 Å². The molecule has 9 heteroatoms. The van der Waals surface area contributed by atoms with Gasteiger partial charge in [-0.05, 0) is 55.0 Å². The Balaban J connectivity index is 1.70. The molecule has 1 aliphatic heterocycles. The summed E-state index contributed by atoms with van der Waals surface area (Å²) in [4.78, 5) is 36.5. The van der Waals surface area contributed by atoms with Gasteiger partial charge in [-0.1, -0.05) is 39.4 Å². The van der Waals surface area contributed by atoms with Crippen molar-refractivity contribution in [2.24, 2.45) is 0 Å². The number of hydrogen-bond donors (Lipinski definition) is 1. The summed E-state index contributed by atoms with van der Waals surface area (Å²) >= 11 is 4.75. The highest BCUT2D eigenvalue weighted by molar-refractivity contribution is 9.10. The molecule has 2 aromatic heterocycles. The number of amides is 1. The van der Waals surface area contributed by atoms with E-state index in [1.807, 2.05) is 49.4 Å². The number of hydrogen-bond acceptors (Lipinski definition) is 7. The van der Waals surface area contributed by atoms with Crippen LogP contribution in [0.5, 0.6) is 5.75 Å². The summed E-state index contributed by atoms with van der Waals surface area (Å²) in [6.07, 6.45) is 3.03. The molecular formula is C25H18BrN3O4S. The number of nitrogens with zero attached hydrogens (tertiary/aromatic N) is 3. The molecule has 2 aromatic carbocycles. The lowest BCUT2D eigenvalue weighted by Crippen LogP contribution is -2.29. The lowest BCUT2D eigenvalue weighted by Gasteiger charge is -2.23. The quantitative estimate of drug-likeness (QED) is 0.206. The van der Waals surface area contributed by atoms with E-state index in [0.717, 1.165) is 9.17 Å². The van der Waals surface area contributed by atoms with Crippen molar-refractivity contribution >= 4 is 60.1 Å². The molecule has 1 atom stereocenters. The zero-order valence-corrected chi connectivity index (χ0v) is 20.3. The number of benzene rings is 2. The van der Waals surface area contributed by atoms with Crippen LogP contribution < -0.4 is 9.64 Å². The van der Waals surface area contributed by atoms with Crippen LogP contribution in [0, 0.1) is 0 Å². The standard InChI is InChI=1S/C25H18BrN3O4S/c1-2-33-17-6-7-18-19(13-17)34-25(28-18)29-21(15-4-3-5-16(26)12-15)20(23(31)24(29)32)22(30)14-8-10-27-11-9-14/h3-13,21,30H,2H2,1H3. The van der Waals surface area contributed by atoms with Crippen LogP contribution in [0.25, 0.3) is 16.0 Å². The lowest BCUT2D eigenvalue weighted by molar-refractivity contribution is -0.132. The van der Waals surface area contributed by atoms with Crippen LogP contribution in [0.15, 0.2) is 77.0 Å². The highest BCUT2D eigenvalue weighted by atomic mass is 79.9. The van der Waals surface area contributed by atoms with Gasteiger partial charge in [0.05, 0.1) is 28.4 Å². The van der Waals surface area contributed by atoms with Crippen LogP contribution in [0.4, 0.5) is 5.13 Å². The normalized spacial score (nSPS) is 17.5. The third-order valence-electron chi connectivity index (χ3n) is 5.43. The van der Waals surface area contributed by atoms with E-state index in [2.05, 4.69) is 25.9 Å². The molecule has 170 valence electrons. The highest BCUT2D eigenvalue weighted by Crippen LogP contribution is 2.44. The van der Waals surface area contributed by atoms with E-state index >= 15 is 0 Å². The van der Waals surface area contributed by atoms with E-state index in [0.29, 0.717) is 34.1 Å². The van der Waals surface area contributed by atoms with Crippen molar-refractivity contribution < 1.29 is 19.4 Å². The summed E-state index contributed by atoms with van der Waals surface area (Å²) < 4.78 is 7.19. The van der Waals surface area contributed by atoms with Gasteiger partial charge in [-0.3, -0.25) is 19.5 Å². The van der Waals surface area contributed by atoms with Crippen molar-refractivity contribution in [3.8, 4) is 5.75 Å². The molecule has 1 N–H and O–H groups in total. The second-order valence-electron chi connectivity index (χ2n) is 7.52. The smallest absolute Gasteiger partial charge is 0.301 e. The summed E-state index contributed by atoms with van der Waals surface area (Å²) in [6, 6.07) is 15.1. The zero-order valence-electron chi connectivity index (χ0n) is 17.9. The van der Waals surface area contributed by atoms with Crippen molar-refractivity contribution in [2.45, 2.75) is 13.0 Å². The molecule has 0 bridgehead atoms. The van der Waals surface area contributed by atoms with Gasteiger partial charge >= 0.3 is 5.91 Å². The Morgan fingerprint density at radius 2 is 1.94 bits per heavy atom. The number of fused-ring (bicyclic) bond motifs is 1. The molecule has 1 amide bonds. The second kappa shape index (κ2) is 9.00. The second-order valence-corrected chi connectivity index (χ2v) is 9.44. The van der Waals surface area contributed by atoms with Gasteiger partial charge in [0.15, 0.2) is 5.13 Å². The molecule has 1 fully saturated rings. The number of carbonyl (C=O) groups excluding carboxylic acids is 2. The molecule has 5 rings (SSSR count). The number of aliphatic hydroxyl groups excluding tert-OH is 1. The van der Waals surface area contributed by atoms with E-state index in [4.69, 9.17) is 4.74 Å². The van der Waals surface area contributed by atoms with Crippen LogP contribution in [0.3, 0.4) is 0 Å². The predicted octanol–water partition coefficient (Wildman–Crippen LogP) is 5.48. The first-order chi connectivity index (χ1) is 16.5. The van der Waals surface area contributed by atoms with E-state index in [9.17, 15) is 14.7 Å². The molecule has 34 heavy (non-hydrogen) atoms. The first-order valence-corrected chi connectivity index (χ1v) is 12.1. The fourth-order valence-electron chi connectivity index (χ4n) is 3.94. The Morgan fingerprint density at radius 1 is 1.15 bits per heavy atom. The number of carbonyl (C=O) groups is 2. The minimum absolute atomic E-state index is 0.00330. The average molecular weight is 536 g/mol. The monoisotopic (exact) mass is 535 g/mol. The van der Waals surface area contributed by atoms with E-state index in [1.54, 1.807) is 12.1 Å². The number of anilines is 1. The predicted molar refractivity (Wildman–Crippen MR) is 134 cm³/mol. The van der Waals surface area contributed by atoms with Gasteiger partial charge in [0.2, 0.25) is 0 Å². The van der Waals surface area contributed by atoms with Crippen LogP contribution >= 0.6 is 27.3 Å². The van der Waals surface area contributed by atoms with Gasteiger partial charge in [0.25, 0.3) is 5.78 Å². The maximum Gasteiger partial charge on any atom is 0.301 e. The number of aliphatic hydroxyl groups is 1. The van der Waals surface area contributed by atoms with Crippen LogP contribution in [-0.4, -0.2) is 33.4 Å². The topological polar surface area (TPSA) is 92.6 Å². The fraction of sp³-hybridized carbons (Fsp3) is 0.120. The summed E-state index contributed by atoms with van der Waals surface area (Å²) in [5.41, 5.74) is 1.76. The molecule has 1 aliphatic rings. The molecule has 1 saturated heterocycles. The van der Waals surface area contributed by atoms with E-state index in [-0.39, 0.29) is 11.3 Å². The molecule has 0 saturated carbocycles. The van der Waals surface area contributed by atoms with E-state index in [1.165, 1.54) is 28.6 Å². The first-order valence-electron chi connectivity index (χ1n) is 10.5. The molecular weight excluding hydrogens is 518 g/mol. The number of Topliss-reactive ketones (excluding diaryl/α,β-unsaturated/α-hetero) is 1. The number of halogens is 1. The number of ether oxygens (including phenoxy) is 1. The zero-order chi connectivity index (χ0) is 23.8. The number of aromatic nitrogens is 2. The molecule has 7 nitrogen and oxygen atoms in total. The average Bonchev–Trinajstić information content (AvgIpc) is 3.37. The Labute approximate surface area is 207 Å². The van der Waals surface area contributed by atoms with Gasteiger partial charge in [-0.15, -0.1) is 0 Å². The minimum atomic E-state index is -0.849. The summed E-state index contributed by atoms with van der Waals surface area (Å²) in [7, 11) is 0. The molecule has 0 aliphatic carbocycles. The van der Waals surface area contributed by atoms with Gasteiger partial charge in [0.1, 0.15) is 11.5 Å². The van der Waals surface area contributed by atoms with Crippen molar-refractivity contribution in [2.75, 3.05) is 11.5 Å².